The van der Waals surface area contributed by atoms with E-state index in [0.29, 0.717) is 45.5 Å². The van der Waals surface area contributed by atoms with Gasteiger partial charge in [0.1, 0.15) is 17.3 Å². The van der Waals surface area contributed by atoms with E-state index in [0.717, 1.165) is 116 Å². The van der Waals surface area contributed by atoms with E-state index in [9.17, 15) is 5.26 Å². The molecule has 7 nitrogen and oxygen atoms in total. The van der Waals surface area contributed by atoms with Gasteiger partial charge in [-0.25, -0.2) is 15.0 Å². The van der Waals surface area contributed by atoms with Crippen LogP contribution in [-0.4, -0.2) is 24.1 Å². The summed E-state index contributed by atoms with van der Waals surface area (Å²) >= 11 is 0. The minimum Gasteiger partial charge on any atom is -0.453 e. The van der Waals surface area contributed by atoms with Gasteiger partial charge < -0.3 is 13.6 Å². The lowest BCUT2D eigenvalue weighted by molar-refractivity contribution is 0.666. The number of benzene rings is 12. The number of hydrogen-bond acceptors (Lipinski definition) is 5. The van der Waals surface area contributed by atoms with Crippen LogP contribution in [0.15, 0.2) is 283 Å². The van der Waals surface area contributed by atoms with Crippen LogP contribution in [0.3, 0.4) is 0 Å². The van der Waals surface area contributed by atoms with Crippen LogP contribution in [0.5, 0.6) is 0 Å². The maximum Gasteiger partial charge on any atom is 0.167 e. The number of aromatic nitrogens is 5. The molecule has 0 amide bonds. The molecule has 16 rings (SSSR count). The molecule has 0 spiro atoms. The van der Waals surface area contributed by atoms with Crippen LogP contribution >= 0.6 is 0 Å². The molecule has 0 unspecified atom stereocenters. The Bertz CT molecular complexity index is 4990. The molecule has 0 saturated heterocycles. The van der Waals surface area contributed by atoms with E-state index in [1.807, 2.05) is 78.9 Å². The van der Waals surface area contributed by atoms with E-state index in [1.165, 1.54) is 0 Å². The molecule has 0 fully saturated rings. The average molecular weight is 1060 g/mol. The topological polar surface area (TPSA) is 85.5 Å². The van der Waals surface area contributed by atoms with Gasteiger partial charge in [-0.2, -0.15) is 5.26 Å². The van der Waals surface area contributed by atoms with Crippen molar-refractivity contribution >= 4 is 65.6 Å². The van der Waals surface area contributed by atoms with Gasteiger partial charge in [-0.3, -0.25) is 0 Å². The van der Waals surface area contributed by atoms with Crippen LogP contribution < -0.4 is 0 Å². The lowest BCUT2D eigenvalue weighted by Crippen LogP contribution is -2.07. The Labute approximate surface area is 477 Å². The molecule has 386 valence electrons. The van der Waals surface area contributed by atoms with Crippen molar-refractivity contribution in [3.8, 4) is 96.1 Å². The lowest BCUT2D eigenvalue weighted by Gasteiger charge is -2.19. The van der Waals surface area contributed by atoms with E-state index in [2.05, 4.69) is 215 Å². The molecule has 16 aromatic rings. The number of hydrogen-bond donors (Lipinski definition) is 0. The minimum atomic E-state index is 0.467. The standard InChI is InChI=1S/C76H46N6O/c77-47-58-46-65-59-32-19-33-60(76-79-74(52-28-15-5-16-29-52)78-75(80-76)53-30-17-6-18-31-53)72(59)83-73(65)71(82-68-40-36-56(50-24-11-3-12-25-50)44-63(68)64-45-57(37-41-69(64)82)51-26-13-4-14-27-51)70(58)81-66-38-34-54(48-20-7-1-8-21-48)42-61(66)62-43-55(35-39-67(62)81)49-22-9-2-10-23-49/h1-46H. The summed E-state index contributed by atoms with van der Waals surface area (Å²) in [4.78, 5) is 15.5. The number of nitrogens with zero attached hydrogens (tertiary/aromatic N) is 6. The highest BCUT2D eigenvalue weighted by atomic mass is 16.3. The van der Waals surface area contributed by atoms with Crippen LogP contribution in [0, 0.1) is 11.3 Å². The summed E-state index contributed by atoms with van der Waals surface area (Å²) < 4.78 is 12.3. The van der Waals surface area contributed by atoms with Crippen molar-refractivity contribution in [1.29, 1.82) is 5.26 Å². The van der Waals surface area contributed by atoms with Crippen LogP contribution in [0.1, 0.15) is 5.56 Å². The highest BCUT2D eigenvalue weighted by Gasteiger charge is 2.29. The normalized spacial score (nSPS) is 11.6. The van der Waals surface area contributed by atoms with Crippen molar-refractivity contribution in [3.63, 3.8) is 0 Å². The van der Waals surface area contributed by atoms with Gasteiger partial charge in [0, 0.05) is 43.4 Å². The Morgan fingerprint density at radius 2 is 0.627 bits per heavy atom. The predicted octanol–water partition coefficient (Wildman–Crippen LogP) is 19.5. The quantitative estimate of drug-likeness (QED) is 0.144. The van der Waals surface area contributed by atoms with Crippen molar-refractivity contribution in [2.24, 2.45) is 0 Å². The molecule has 4 heterocycles. The Balaban J connectivity index is 1.05. The second kappa shape index (κ2) is 19.4. The SMILES string of the molecule is N#Cc1cc2c(oc3c(-c4nc(-c5ccccc5)nc(-c5ccccc5)n4)cccc32)c(-n2c3ccc(-c4ccccc4)cc3c3cc(-c4ccccc4)ccc32)c1-n1c2ccc(-c3ccccc3)cc2c2cc(-c3ccccc3)ccc21. The number of fused-ring (bicyclic) bond motifs is 9. The Morgan fingerprint density at radius 1 is 0.277 bits per heavy atom. The molecule has 0 atom stereocenters. The summed E-state index contributed by atoms with van der Waals surface area (Å²) in [6.45, 7) is 0. The van der Waals surface area contributed by atoms with E-state index in [4.69, 9.17) is 19.4 Å². The van der Waals surface area contributed by atoms with Crippen molar-refractivity contribution < 1.29 is 4.42 Å². The summed E-state index contributed by atoms with van der Waals surface area (Å²) in [7, 11) is 0. The fraction of sp³-hybridized carbons (Fsp3) is 0. The first-order valence-electron chi connectivity index (χ1n) is 27.8. The molecule has 12 aromatic carbocycles. The van der Waals surface area contributed by atoms with Gasteiger partial charge in [0.25, 0.3) is 0 Å². The zero-order valence-corrected chi connectivity index (χ0v) is 44.6. The average Bonchev–Trinajstić information content (AvgIpc) is 3.07. The summed E-state index contributed by atoms with van der Waals surface area (Å²) in [6.07, 6.45) is 0. The zero-order chi connectivity index (χ0) is 55.0. The number of furan rings is 1. The largest absolute Gasteiger partial charge is 0.453 e. The second-order valence-corrected chi connectivity index (χ2v) is 21.0. The third-order valence-corrected chi connectivity index (χ3v) is 16.2. The summed E-state index contributed by atoms with van der Waals surface area (Å²) in [5.74, 6) is 1.56. The predicted molar refractivity (Wildman–Crippen MR) is 339 cm³/mol. The van der Waals surface area contributed by atoms with Crippen LogP contribution in [0.2, 0.25) is 0 Å². The number of para-hydroxylation sites is 1. The van der Waals surface area contributed by atoms with Gasteiger partial charge >= 0.3 is 0 Å². The lowest BCUT2D eigenvalue weighted by atomic mass is 10.0. The van der Waals surface area contributed by atoms with Gasteiger partial charge in [-0.1, -0.05) is 218 Å². The van der Waals surface area contributed by atoms with E-state index in [-0.39, 0.29) is 0 Å². The molecule has 0 aliphatic rings. The van der Waals surface area contributed by atoms with Crippen molar-refractivity contribution in [3.05, 3.63) is 285 Å². The first kappa shape index (κ1) is 47.5. The molecule has 4 aromatic heterocycles. The maximum atomic E-state index is 12.0. The molecule has 0 aliphatic carbocycles. The highest BCUT2D eigenvalue weighted by molar-refractivity contribution is 6.19. The molecule has 0 saturated carbocycles. The molecular weight excluding hydrogens is 1010 g/mol. The molecule has 0 N–H and O–H groups in total. The van der Waals surface area contributed by atoms with Gasteiger partial charge in [0.2, 0.25) is 0 Å². The molecular formula is C76H46N6O. The number of nitriles is 1. The molecule has 7 heteroatoms. The summed E-state index contributed by atoms with van der Waals surface area (Å²) in [6, 6.07) is 100. The Hall–Kier alpha value is -11.5. The molecule has 0 bridgehead atoms. The van der Waals surface area contributed by atoms with Crippen LogP contribution in [0.4, 0.5) is 0 Å². The van der Waals surface area contributed by atoms with Gasteiger partial charge in [-0.05, 0) is 105 Å². The minimum absolute atomic E-state index is 0.467. The summed E-state index contributed by atoms with van der Waals surface area (Å²) in [5, 5.41) is 17.8. The smallest absolute Gasteiger partial charge is 0.167 e. The maximum absolute atomic E-state index is 12.0. The number of rotatable bonds is 9. The highest BCUT2D eigenvalue weighted by Crippen LogP contribution is 2.48. The zero-order valence-electron chi connectivity index (χ0n) is 44.6. The van der Waals surface area contributed by atoms with Gasteiger partial charge in [0.05, 0.1) is 38.9 Å². The van der Waals surface area contributed by atoms with Gasteiger partial charge in [-0.15, -0.1) is 0 Å². The Morgan fingerprint density at radius 3 is 1.00 bits per heavy atom. The van der Waals surface area contributed by atoms with Crippen LogP contribution in [-0.2, 0) is 0 Å². The van der Waals surface area contributed by atoms with Crippen molar-refractivity contribution in [2.45, 2.75) is 0 Å². The van der Waals surface area contributed by atoms with Gasteiger partial charge in [0.15, 0.2) is 23.1 Å². The van der Waals surface area contributed by atoms with E-state index < -0.39 is 0 Å². The fourth-order valence-electron chi connectivity index (χ4n) is 12.3. The summed E-state index contributed by atoms with van der Waals surface area (Å²) in [5.41, 5.74) is 18.2. The van der Waals surface area contributed by atoms with E-state index >= 15 is 0 Å². The van der Waals surface area contributed by atoms with Crippen LogP contribution in [0.25, 0.3) is 156 Å². The fourth-order valence-corrected chi connectivity index (χ4v) is 12.3. The third kappa shape index (κ3) is 7.92. The van der Waals surface area contributed by atoms with Crippen molar-refractivity contribution in [2.75, 3.05) is 0 Å². The monoisotopic (exact) mass is 1060 g/mol. The van der Waals surface area contributed by atoms with Crippen molar-refractivity contribution in [1.82, 2.24) is 24.1 Å². The first-order valence-corrected chi connectivity index (χ1v) is 27.8. The molecule has 0 aliphatic heterocycles. The molecule has 0 radical (unpaired) electrons. The third-order valence-electron chi connectivity index (χ3n) is 16.2. The molecule has 83 heavy (non-hydrogen) atoms. The Kier molecular flexibility index (Phi) is 11.1. The van der Waals surface area contributed by atoms with E-state index in [1.54, 1.807) is 0 Å². The second-order valence-electron chi connectivity index (χ2n) is 21.0. The first-order chi connectivity index (χ1) is 41.1.